The monoisotopic (exact) mass is 669 g/mol. The van der Waals surface area contributed by atoms with Crippen molar-refractivity contribution in [3.05, 3.63) is 75.0 Å². The van der Waals surface area contributed by atoms with E-state index in [-0.39, 0.29) is 42.0 Å². The summed E-state index contributed by atoms with van der Waals surface area (Å²) in [7, 11) is 6.65. The van der Waals surface area contributed by atoms with Crippen LogP contribution in [0.3, 0.4) is 0 Å². The highest BCUT2D eigenvalue weighted by Gasteiger charge is 2.57. The quantitative estimate of drug-likeness (QED) is 0.295. The number of rotatable bonds is 7. The Morgan fingerprint density at radius 1 is 0.980 bits per heavy atom. The summed E-state index contributed by atoms with van der Waals surface area (Å²) in [5, 5.41) is 51.4. The van der Waals surface area contributed by atoms with Gasteiger partial charge in [0.05, 0.1) is 52.1 Å². The Hall–Kier alpha value is -4.70. The van der Waals surface area contributed by atoms with Gasteiger partial charge >= 0.3 is 0 Å². The van der Waals surface area contributed by atoms with Gasteiger partial charge in [-0.05, 0) is 33.7 Å². The van der Waals surface area contributed by atoms with Crippen molar-refractivity contribution in [1.82, 2.24) is 20.4 Å². The first-order chi connectivity index (χ1) is 23.6. The molecule has 4 heterocycles. The van der Waals surface area contributed by atoms with Gasteiger partial charge in [0.25, 0.3) is 0 Å². The Bertz CT molecular complexity index is 1860. The second-order valence-electron chi connectivity index (χ2n) is 13.5. The minimum Gasteiger partial charge on any atom is -0.507 e. The van der Waals surface area contributed by atoms with Gasteiger partial charge < -0.3 is 40.2 Å². The number of carbonyl (C=O) groups is 1. The average molecular weight is 670 g/mol. The number of aliphatic hydroxyl groups excluding tert-OH is 1. The Kier molecular flexibility index (Phi) is 8.25. The zero-order valence-corrected chi connectivity index (χ0v) is 28.6. The molecule has 0 saturated carbocycles. The van der Waals surface area contributed by atoms with E-state index >= 15 is 0 Å². The Morgan fingerprint density at radius 3 is 2.31 bits per heavy atom. The van der Waals surface area contributed by atoms with Gasteiger partial charge in [0.2, 0.25) is 5.91 Å². The van der Waals surface area contributed by atoms with Gasteiger partial charge in [-0.15, -0.1) is 0 Å². The predicted molar refractivity (Wildman–Crippen MR) is 181 cm³/mol. The summed E-state index contributed by atoms with van der Waals surface area (Å²) < 4.78 is 17.6. The molecule has 2 unspecified atom stereocenters. The van der Waals surface area contributed by atoms with Gasteiger partial charge in [-0.1, -0.05) is 24.3 Å². The third-order valence-corrected chi connectivity index (χ3v) is 11.4. The summed E-state index contributed by atoms with van der Waals surface area (Å²) in [5.74, 6) is 1.09. The molecule has 1 fully saturated rings. The zero-order valence-electron chi connectivity index (χ0n) is 28.6. The Morgan fingerprint density at radius 2 is 1.63 bits per heavy atom. The minimum absolute atomic E-state index is 0.000675. The van der Waals surface area contributed by atoms with Crippen LogP contribution in [0.25, 0.3) is 0 Å². The molecule has 49 heavy (non-hydrogen) atoms. The highest BCUT2D eigenvalue weighted by atomic mass is 16.5. The first-order valence-electron chi connectivity index (χ1n) is 16.6. The van der Waals surface area contributed by atoms with Crippen molar-refractivity contribution < 1.29 is 34.3 Å². The standard InChI is InChI=1S/C37H43N5O7/c1-17-23(16-43)32(44)29-20(34(17)47-4)12-26-31-30-21(35(48-5)18(2)36(49-6)33(30)45)11-25(41(31)3)27(13-38)42(26)28(29)15-40-37(46)22-14-39-24-10-8-7-9-19(22)24/h7-10,14,19,24-28,31,39,43-45H,11-12,15-16H2,1-6H3,(H,40,46)/t19?,24?,25-,26-,27-,28-,31+/m0/s1. The molecule has 0 radical (unpaired) electrons. The van der Waals surface area contributed by atoms with Crippen molar-refractivity contribution in [3.63, 3.8) is 0 Å². The van der Waals surface area contributed by atoms with E-state index in [0.717, 1.165) is 11.1 Å². The van der Waals surface area contributed by atoms with Gasteiger partial charge in [0.15, 0.2) is 11.5 Å². The van der Waals surface area contributed by atoms with Gasteiger partial charge in [-0.2, -0.15) is 5.26 Å². The van der Waals surface area contributed by atoms with Crippen molar-refractivity contribution in [2.75, 3.05) is 34.9 Å². The molecule has 7 rings (SSSR count). The number of allylic oxidation sites excluding steroid dienone is 2. The maximum absolute atomic E-state index is 13.8. The van der Waals surface area contributed by atoms with Crippen LogP contribution >= 0.6 is 0 Å². The van der Waals surface area contributed by atoms with Crippen LogP contribution in [0.15, 0.2) is 36.1 Å². The van der Waals surface area contributed by atoms with Crippen LogP contribution in [0, 0.1) is 31.1 Å². The summed E-state index contributed by atoms with van der Waals surface area (Å²) in [6.07, 6.45) is 10.4. The lowest BCUT2D eigenvalue weighted by molar-refractivity contribution is -0.119. The maximum atomic E-state index is 13.8. The third-order valence-electron chi connectivity index (χ3n) is 11.4. The van der Waals surface area contributed by atoms with E-state index in [1.54, 1.807) is 27.3 Å². The molecule has 12 nitrogen and oxygen atoms in total. The number of likely N-dealkylation sites (N-methyl/N-ethyl adjacent to an activating group) is 1. The average Bonchev–Trinajstić information content (AvgIpc) is 3.53. The summed E-state index contributed by atoms with van der Waals surface area (Å²) in [4.78, 5) is 18.1. The summed E-state index contributed by atoms with van der Waals surface area (Å²) in [6, 6.07) is 0.102. The van der Waals surface area contributed by atoms with Crippen LogP contribution in [-0.4, -0.2) is 90.1 Å². The lowest BCUT2D eigenvalue weighted by Gasteiger charge is -2.60. The number of carbonyl (C=O) groups excluding carboxylic acids is 1. The molecule has 2 aromatic rings. The van der Waals surface area contributed by atoms with Crippen LogP contribution in [0.4, 0.5) is 0 Å². The molecule has 1 saturated heterocycles. The number of hydrogen-bond acceptors (Lipinski definition) is 11. The first-order valence-corrected chi connectivity index (χ1v) is 16.6. The zero-order chi connectivity index (χ0) is 34.9. The molecule has 4 aliphatic heterocycles. The number of methoxy groups -OCH3 is 3. The maximum Gasteiger partial charge on any atom is 0.249 e. The third kappa shape index (κ3) is 4.63. The number of fused-ring (bicyclic) bond motifs is 8. The molecular weight excluding hydrogens is 626 g/mol. The molecule has 7 atom stereocenters. The van der Waals surface area contributed by atoms with Crippen molar-refractivity contribution in [3.8, 4) is 34.8 Å². The lowest BCUT2D eigenvalue weighted by atomic mass is 9.71. The topological polar surface area (TPSA) is 160 Å². The molecule has 2 bridgehead atoms. The number of benzene rings is 2. The summed E-state index contributed by atoms with van der Waals surface area (Å²) >= 11 is 0. The van der Waals surface area contributed by atoms with Gasteiger partial charge in [0, 0.05) is 75.3 Å². The van der Waals surface area contributed by atoms with Crippen LogP contribution < -0.4 is 24.8 Å². The number of amides is 1. The molecule has 2 aromatic carbocycles. The van der Waals surface area contributed by atoms with E-state index in [2.05, 4.69) is 26.5 Å². The van der Waals surface area contributed by atoms with E-state index in [1.807, 2.05) is 38.3 Å². The van der Waals surface area contributed by atoms with Crippen LogP contribution in [0.2, 0.25) is 0 Å². The van der Waals surface area contributed by atoms with E-state index in [9.17, 15) is 25.4 Å². The number of phenols is 2. The molecule has 0 aromatic heterocycles. The second kappa shape index (κ2) is 12.3. The van der Waals surface area contributed by atoms with Gasteiger partial charge in [-0.25, -0.2) is 0 Å². The number of piperazine rings is 1. The molecular formula is C37H43N5O7. The van der Waals surface area contributed by atoms with Crippen molar-refractivity contribution in [1.29, 1.82) is 5.26 Å². The molecule has 12 heteroatoms. The molecule has 5 aliphatic rings. The van der Waals surface area contributed by atoms with Crippen LogP contribution in [0.1, 0.15) is 51.0 Å². The van der Waals surface area contributed by atoms with Crippen molar-refractivity contribution in [2.24, 2.45) is 5.92 Å². The molecule has 258 valence electrons. The number of aromatic hydroxyl groups is 2. The molecule has 0 spiro atoms. The smallest absolute Gasteiger partial charge is 0.249 e. The Balaban J connectivity index is 1.40. The number of ether oxygens (including phenoxy) is 3. The number of phenolic OH excluding ortho intramolecular Hbond substituents is 1. The largest absolute Gasteiger partial charge is 0.507 e. The van der Waals surface area contributed by atoms with E-state index in [4.69, 9.17) is 14.2 Å². The minimum atomic E-state index is -0.675. The number of nitriles is 1. The predicted octanol–water partition coefficient (Wildman–Crippen LogP) is 2.72. The first kappa shape index (κ1) is 32.8. The number of aliphatic hydroxyl groups is 1. The van der Waals surface area contributed by atoms with Crippen LogP contribution in [0.5, 0.6) is 28.7 Å². The molecule has 1 aliphatic carbocycles. The van der Waals surface area contributed by atoms with Gasteiger partial charge in [-0.3, -0.25) is 14.6 Å². The van der Waals surface area contributed by atoms with Crippen molar-refractivity contribution in [2.45, 2.75) is 69.5 Å². The molecule has 1 amide bonds. The fourth-order valence-corrected chi connectivity index (χ4v) is 9.29. The fraction of sp³-hybridized carbons (Fsp3) is 0.459. The van der Waals surface area contributed by atoms with Gasteiger partial charge in [0.1, 0.15) is 23.3 Å². The lowest BCUT2D eigenvalue weighted by Crippen LogP contribution is -2.68. The van der Waals surface area contributed by atoms with E-state index < -0.39 is 30.8 Å². The van der Waals surface area contributed by atoms with E-state index in [1.165, 1.54) is 7.11 Å². The SMILES string of the molecule is COc1c(C)c(OC)c2c(c1O)[C@H]1[C@@H]3Cc4c(OC)c(C)c(CO)c(O)c4[C@H](CNC(=O)C4=CNC5C=CC=CC45)N3[C@@H](C#N)[C@H](C2)N1C. The number of nitrogens with zero attached hydrogens (tertiary/aromatic N) is 3. The highest BCUT2D eigenvalue weighted by Crippen LogP contribution is 2.58. The highest BCUT2D eigenvalue weighted by molar-refractivity contribution is 5.95. The normalized spacial score (nSPS) is 27.9. The number of nitrogens with one attached hydrogen (secondary N) is 2. The number of hydrogen-bond donors (Lipinski definition) is 5. The fourth-order valence-electron chi connectivity index (χ4n) is 9.29. The van der Waals surface area contributed by atoms with E-state index in [0.29, 0.717) is 63.5 Å². The van der Waals surface area contributed by atoms with Crippen LogP contribution in [-0.2, 0) is 24.2 Å². The Labute approximate surface area is 285 Å². The summed E-state index contributed by atoms with van der Waals surface area (Å²) in [6.45, 7) is 3.31. The molecule has 5 N–H and O–H groups in total. The summed E-state index contributed by atoms with van der Waals surface area (Å²) in [5.41, 5.74) is 5.01. The van der Waals surface area contributed by atoms with Crippen molar-refractivity contribution >= 4 is 5.91 Å². The second-order valence-corrected chi connectivity index (χ2v) is 13.5.